The molecule has 0 bridgehead atoms. The maximum atomic E-state index is 3.42. The minimum Gasteiger partial charge on any atom is -0.356 e. The Morgan fingerprint density at radius 1 is 0.640 bits per heavy atom. The summed E-state index contributed by atoms with van der Waals surface area (Å²) in [6, 6.07) is 25.6. The Labute approximate surface area is 150 Å². The maximum absolute atomic E-state index is 3.42. The highest BCUT2D eigenvalue weighted by Gasteiger charge is 2.10. The quantitative estimate of drug-likeness (QED) is 0.541. The van der Waals surface area contributed by atoms with Crippen molar-refractivity contribution < 1.29 is 0 Å². The van der Waals surface area contributed by atoms with Gasteiger partial charge in [-0.05, 0) is 72.2 Å². The molecule has 0 aromatic heterocycles. The summed E-state index contributed by atoms with van der Waals surface area (Å²) in [4.78, 5) is 0. The summed E-state index contributed by atoms with van der Waals surface area (Å²) < 4.78 is 0. The predicted octanol–water partition coefficient (Wildman–Crippen LogP) is 6.48. The maximum Gasteiger partial charge on any atom is 0.0384 e. The molecule has 1 heteroatoms. The Balaban J connectivity index is 1.49. The zero-order chi connectivity index (χ0) is 16.9. The van der Waals surface area contributed by atoms with Crippen LogP contribution in [0.25, 0.3) is 12.2 Å². The molecule has 0 aliphatic heterocycles. The second-order valence-corrected chi connectivity index (χ2v) is 6.64. The van der Waals surface area contributed by atoms with E-state index in [9.17, 15) is 0 Å². The van der Waals surface area contributed by atoms with Gasteiger partial charge in [-0.2, -0.15) is 0 Å². The van der Waals surface area contributed by atoms with E-state index in [1.54, 1.807) is 5.56 Å². The average molecular weight is 325 g/mol. The molecular weight excluding hydrogens is 302 g/mol. The van der Waals surface area contributed by atoms with Crippen LogP contribution in [0, 0.1) is 0 Å². The van der Waals surface area contributed by atoms with Crippen molar-refractivity contribution in [2.45, 2.75) is 25.7 Å². The molecule has 0 heterocycles. The molecule has 1 nitrogen and oxygen atoms in total. The predicted molar refractivity (Wildman–Crippen MR) is 108 cm³/mol. The second kappa shape index (κ2) is 7.40. The third-order valence-electron chi connectivity index (χ3n) is 4.86. The standard InChI is InChI=1S/C24H23N/c1-2-10-22(11-3-1)25-23-17-14-19(15-18-23)13-16-21-9-6-8-20-7-4-5-12-24(20)21/h1-3,6,8-11,13-18,25H,4-5,7,12H2. The minimum absolute atomic E-state index is 1.11. The molecule has 0 unspecified atom stereocenters. The van der Waals surface area contributed by atoms with Gasteiger partial charge >= 0.3 is 0 Å². The van der Waals surface area contributed by atoms with Crippen LogP contribution in [-0.4, -0.2) is 0 Å². The SMILES string of the molecule is C(=Cc1cccc2c1CCCC2)c1ccc(Nc2ccccc2)cc1. The highest BCUT2D eigenvalue weighted by atomic mass is 14.9. The van der Waals surface area contributed by atoms with Gasteiger partial charge in [-0.15, -0.1) is 0 Å². The van der Waals surface area contributed by atoms with Gasteiger partial charge in [0.25, 0.3) is 0 Å². The van der Waals surface area contributed by atoms with E-state index in [-0.39, 0.29) is 0 Å². The Bertz CT molecular complexity index is 860. The van der Waals surface area contributed by atoms with Gasteiger partial charge in [0.05, 0.1) is 0 Å². The first-order valence-electron chi connectivity index (χ1n) is 9.09. The molecule has 1 aliphatic carbocycles. The van der Waals surface area contributed by atoms with Crippen molar-refractivity contribution in [3.05, 3.63) is 95.1 Å². The molecule has 3 aromatic carbocycles. The van der Waals surface area contributed by atoms with Crippen molar-refractivity contribution in [1.82, 2.24) is 0 Å². The first-order valence-corrected chi connectivity index (χ1v) is 9.09. The fourth-order valence-electron chi connectivity index (χ4n) is 3.52. The average Bonchev–Trinajstić information content (AvgIpc) is 2.68. The van der Waals surface area contributed by atoms with Crippen LogP contribution in [-0.2, 0) is 12.8 Å². The summed E-state index contributed by atoms with van der Waals surface area (Å²) in [5, 5.41) is 3.42. The molecule has 0 radical (unpaired) electrons. The normalized spacial score (nSPS) is 13.6. The van der Waals surface area contributed by atoms with Gasteiger partial charge < -0.3 is 5.32 Å². The highest BCUT2D eigenvalue weighted by molar-refractivity contribution is 5.73. The number of nitrogens with one attached hydrogen (secondary N) is 1. The number of rotatable bonds is 4. The van der Waals surface area contributed by atoms with Gasteiger partial charge in [0.2, 0.25) is 0 Å². The third-order valence-corrected chi connectivity index (χ3v) is 4.86. The van der Waals surface area contributed by atoms with Crippen LogP contribution in [0.2, 0.25) is 0 Å². The fourth-order valence-corrected chi connectivity index (χ4v) is 3.52. The van der Waals surface area contributed by atoms with E-state index in [2.05, 4.69) is 72.1 Å². The summed E-state index contributed by atoms with van der Waals surface area (Å²) in [7, 11) is 0. The lowest BCUT2D eigenvalue weighted by Gasteiger charge is -2.17. The molecule has 0 spiro atoms. The molecular formula is C24H23N. The molecule has 1 N–H and O–H groups in total. The molecule has 1 aliphatic rings. The summed E-state index contributed by atoms with van der Waals surface area (Å²) in [5.41, 5.74) is 7.92. The van der Waals surface area contributed by atoms with Gasteiger partial charge in [0, 0.05) is 11.4 Å². The van der Waals surface area contributed by atoms with E-state index in [0.717, 1.165) is 11.4 Å². The molecule has 0 amide bonds. The van der Waals surface area contributed by atoms with E-state index < -0.39 is 0 Å². The number of anilines is 2. The van der Waals surface area contributed by atoms with Gasteiger partial charge in [0.1, 0.15) is 0 Å². The van der Waals surface area contributed by atoms with Crippen molar-refractivity contribution in [2.75, 3.05) is 5.32 Å². The Hall–Kier alpha value is -2.80. The Morgan fingerprint density at radius 2 is 1.40 bits per heavy atom. The molecule has 0 saturated heterocycles. The lowest BCUT2D eigenvalue weighted by molar-refractivity contribution is 0.684. The summed E-state index contributed by atoms with van der Waals surface area (Å²) in [6.07, 6.45) is 9.58. The monoisotopic (exact) mass is 325 g/mol. The third kappa shape index (κ3) is 3.83. The van der Waals surface area contributed by atoms with Crippen molar-refractivity contribution in [1.29, 1.82) is 0 Å². The largest absolute Gasteiger partial charge is 0.356 e. The highest BCUT2D eigenvalue weighted by Crippen LogP contribution is 2.26. The van der Waals surface area contributed by atoms with Crippen LogP contribution in [0.15, 0.2) is 72.8 Å². The van der Waals surface area contributed by atoms with Crippen LogP contribution in [0.1, 0.15) is 35.1 Å². The van der Waals surface area contributed by atoms with Gasteiger partial charge in [-0.3, -0.25) is 0 Å². The van der Waals surface area contributed by atoms with E-state index in [4.69, 9.17) is 0 Å². The summed E-state index contributed by atoms with van der Waals surface area (Å²) in [6.45, 7) is 0. The van der Waals surface area contributed by atoms with E-state index in [1.165, 1.54) is 42.4 Å². The van der Waals surface area contributed by atoms with E-state index in [1.807, 2.05) is 18.2 Å². The van der Waals surface area contributed by atoms with Crippen LogP contribution < -0.4 is 5.32 Å². The number of benzene rings is 3. The van der Waals surface area contributed by atoms with Crippen molar-refractivity contribution in [3.63, 3.8) is 0 Å². The minimum atomic E-state index is 1.11. The van der Waals surface area contributed by atoms with Crippen LogP contribution in [0.5, 0.6) is 0 Å². The lowest BCUT2D eigenvalue weighted by atomic mass is 9.88. The number of hydrogen-bond acceptors (Lipinski definition) is 1. The molecule has 124 valence electrons. The second-order valence-electron chi connectivity index (χ2n) is 6.64. The topological polar surface area (TPSA) is 12.0 Å². The van der Waals surface area contributed by atoms with E-state index >= 15 is 0 Å². The van der Waals surface area contributed by atoms with E-state index in [0.29, 0.717) is 0 Å². The smallest absolute Gasteiger partial charge is 0.0384 e. The molecule has 25 heavy (non-hydrogen) atoms. The van der Waals surface area contributed by atoms with Crippen LogP contribution in [0.3, 0.4) is 0 Å². The van der Waals surface area contributed by atoms with Gasteiger partial charge in [-0.25, -0.2) is 0 Å². The Morgan fingerprint density at radius 3 is 2.24 bits per heavy atom. The number of hydrogen-bond donors (Lipinski definition) is 1. The van der Waals surface area contributed by atoms with Gasteiger partial charge in [-0.1, -0.05) is 60.7 Å². The zero-order valence-electron chi connectivity index (χ0n) is 14.4. The zero-order valence-corrected chi connectivity index (χ0v) is 14.4. The van der Waals surface area contributed by atoms with Crippen LogP contribution in [0.4, 0.5) is 11.4 Å². The van der Waals surface area contributed by atoms with Crippen LogP contribution >= 0.6 is 0 Å². The Kier molecular flexibility index (Phi) is 4.65. The first-order chi connectivity index (χ1) is 12.4. The number of aryl methyl sites for hydroxylation is 1. The first kappa shape index (κ1) is 15.7. The number of para-hydroxylation sites is 1. The van der Waals surface area contributed by atoms with Crippen molar-refractivity contribution in [2.24, 2.45) is 0 Å². The summed E-state index contributed by atoms with van der Waals surface area (Å²) in [5.74, 6) is 0. The summed E-state index contributed by atoms with van der Waals surface area (Å²) >= 11 is 0. The molecule has 4 rings (SSSR count). The van der Waals surface area contributed by atoms with Crippen molar-refractivity contribution >= 4 is 23.5 Å². The number of fused-ring (bicyclic) bond motifs is 1. The van der Waals surface area contributed by atoms with Gasteiger partial charge in [0.15, 0.2) is 0 Å². The molecule has 0 fully saturated rings. The molecule has 3 aromatic rings. The fraction of sp³-hybridized carbons (Fsp3) is 0.167. The molecule has 0 atom stereocenters. The molecule has 0 saturated carbocycles. The lowest BCUT2D eigenvalue weighted by Crippen LogP contribution is -2.03. The van der Waals surface area contributed by atoms with Crippen molar-refractivity contribution in [3.8, 4) is 0 Å².